The summed E-state index contributed by atoms with van der Waals surface area (Å²) < 4.78 is 0. The molecular weight excluding hydrogens is 356 g/mol. The first-order valence-corrected chi connectivity index (χ1v) is 9.96. The van der Waals surface area contributed by atoms with Gasteiger partial charge in [-0.2, -0.15) is 0 Å². The maximum absolute atomic E-state index is 11.8. The van der Waals surface area contributed by atoms with Crippen LogP contribution in [0, 0.1) is 17.0 Å². The summed E-state index contributed by atoms with van der Waals surface area (Å²) in [5.41, 5.74) is 2.29. The quantitative estimate of drug-likeness (QED) is 0.309. The maximum atomic E-state index is 11.8. The van der Waals surface area contributed by atoms with Crippen LogP contribution in [0.3, 0.4) is 0 Å². The van der Waals surface area contributed by atoms with Crippen LogP contribution in [-0.2, 0) is 10.5 Å². The standard InChI is InChI=1S/C18H20N2O3S2/c1-14-2-8-17(9-3-14)25-11-10-19-18(21)13-24-12-15-4-6-16(7-5-15)20(22)23/h2-9H,10-13H2,1H3,(H,19,21). The second-order valence-corrected chi connectivity index (χ2v) is 7.58. The molecule has 0 saturated carbocycles. The minimum absolute atomic E-state index is 0.0106. The van der Waals surface area contributed by atoms with Gasteiger partial charge in [0.1, 0.15) is 0 Å². The van der Waals surface area contributed by atoms with Crippen LogP contribution in [0.4, 0.5) is 5.69 Å². The van der Waals surface area contributed by atoms with E-state index in [0.29, 0.717) is 18.1 Å². The molecule has 2 aromatic carbocycles. The summed E-state index contributed by atoms with van der Waals surface area (Å²) in [4.78, 5) is 23.2. The third-order valence-corrected chi connectivity index (χ3v) is 5.38. The summed E-state index contributed by atoms with van der Waals surface area (Å²) in [5.74, 6) is 1.88. The molecule has 0 bridgehead atoms. The molecule has 0 aliphatic rings. The van der Waals surface area contributed by atoms with E-state index in [1.807, 2.05) is 0 Å². The molecule has 0 aromatic heterocycles. The highest BCUT2D eigenvalue weighted by atomic mass is 32.2. The topological polar surface area (TPSA) is 72.2 Å². The zero-order valence-electron chi connectivity index (χ0n) is 13.9. The van der Waals surface area contributed by atoms with E-state index in [1.165, 1.54) is 34.4 Å². The van der Waals surface area contributed by atoms with E-state index < -0.39 is 4.92 Å². The van der Waals surface area contributed by atoms with Gasteiger partial charge in [0.15, 0.2) is 0 Å². The number of nitro groups is 1. The van der Waals surface area contributed by atoms with Gasteiger partial charge < -0.3 is 5.32 Å². The molecule has 1 amide bonds. The number of benzene rings is 2. The first-order valence-electron chi connectivity index (χ1n) is 7.82. The summed E-state index contributed by atoms with van der Waals surface area (Å²) in [6, 6.07) is 14.7. The maximum Gasteiger partial charge on any atom is 0.269 e. The number of hydrogen-bond donors (Lipinski definition) is 1. The minimum Gasteiger partial charge on any atom is -0.355 e. The van der Waals surface area contributed by atoms with E-state index in [9.17, 15) is 14.9 Å². The Balaban J connectivity index is 1.59. The molecule has 7 heteroatoms. The van der Waals surface area contributed by atoms with Crippen molar-refractivity contribution in [2.75, 3.05) is 18.1 Å². The number of non-ortho nitro benzene ring substituents is 1. The Bertz CT molecular complexity index is 703. The predicted molar refractivity (Wildman–Crippen MR) is 104 cm³/mol. The number of hydrogen-bond acceptors (Lipinski definition) is 5. The molecule has 1 N–H and O–H groups in total. The van der Waals surface area contributed by atoms with Crippen LogP contribution >= 0.6 is 23.5 Å². The van der Waals surface area contributed by atoms with Crippen molar-refractivity contribution in [1.29, 1.82) is 0 Å². The fourth-order valence-corrected chi connectivity index (χ4v) is 3.61. The third-order valence-electron chi connectivity index (χ3n) is 3.36. The number of nitrogens with zero attached hydrogens (tertiary/aromatic N) is 1. The number of rotatable bonds is 9. The molecule has 0 aliphatic heterocycles. The molecule has 2 rings (SSSR count). The van der Waals surface area contributed by atoms with Gasteiger partial charge in [-0.3, -0.25) is 14.9 Å². The van der Waals surface area contributed by atoms with Crippen LogP contribution in [0.1, 0.15) is 11.1 Å². The molecule has 132 valence electrons. The highest BCUT2D eigenvalue weighted by Gasteiger charge is 2.05. The van der Waals surface area contributed by atoms with Crippen molar-refractivity contribution in [2.45, 2.75) is 17.6 Å². The zero-order valence-corrected chi connectivity index (χ0v) is 15.6. The highest BCUT2D eigenvalue weighted by molar-refractivity contribution is 7.99. The van der Waals surface area contributed by atoms with E-state index >= 15 is 0 Å². The zero-order chi connectivity index (χ0) is 18.1. The molecule has 0 heterocycles. The van der Waals surface area contributed by atoms with Crippen LogP contribution < -0.4 is 5.32 Å². The molecule has 2 aromatic rings. The van der Waals surface area contributed by atoms with E-state index in [0.717, 1.165) is 11.3 Å². The number of carbonyl (C=O) groups excluding carboxylic acids is 1. The Hall–Kier alpha value is -1.99. The van der Waals surface area contributed by atoms with Crippen LogP contribution in [0.5, 0.6) is 0 Å². The number of thioether (sulfide) groups is 2. The van der Waals surface area contributed by atoms with Gasteiger partial charge in [0.05, 0.1) is 10.7 Å². The number of nitrogens with one attached hydrogen (secondary N) is 1. The summed E-state index contributed by atoms with van der Waals surface area (Å²) in [7, 11) is 0. The van der Waals surface area contributed by atoms with Gasteiger partial charge in [0.2, 0.25) is 5.91 Å². The fourth-order valence-electron chi connectivity index (χ4n) is 2.02. The number of carbonyl (C=O) groups is 1. The normalized spacial score (nSPS) is 10.4. The lowest BCUT2D eigenvalue weighted by Gasteiger charge is -2.06. The summed E-state index contributed by atoms with van der Waals surface area (Å²) in [5, 5.41) is 13.5. The molecule has 0 fully saturated rings. The molecule has 5 nitrogen and oxygen atoms in total. The summed E-state index contributed by atoms with van der Waals surface area (Å²) in [6.07, 6.45) is 0. The third kappa shape index (κ3) is 7.19. The van der Waals surface area contributed by atoms with E-state index in [4.69, 9.17) is 0 Å². The van der Waals surface area contributed by atoms with E-state index in [-0.39, 0.29) is 11.6 Å². The van der Waals surface area contributed by atoms with Gasteiger partial charge in [-0.1, -0.05) is 29.8 Å². The second kappa shape index (κ2) is 10.1. The predicted octanol–water partition coefficient (Wildman–Crippen LogP) is 4.04. The van der Waals surface area contributed by atoms with Gasteiger partial charge in [-0.05, 0) is 24.6 Å². The highest BCUT2D eigenvalue weighted by Crippen LogP contribution is 2.18. The van der Waals surface area contributed by atoms with Crippen molar-refractivity contribution in [2.24, 2.45) is 0 Å². The minimum atomic E-state index is -0.418. The van der Waals surface area contributed by atoms with Gasteiger partial charge in [0.25, 0.3) is 5.69 Å². The Labute approximate surface area is 155 Å². The van der Waals surface area contributed by atoms with Crippen LogP contribution in [0.2, 0.25) is 0 Å². The lowest BCUT2D eigenvalue weighted by atomic mass is 10.2. The largest absolute Gasteiger partial charge is 0.355 e. The Morgan fingerprint density at radius 3 is 2.44 bits per heavy atom. The number of aryl methyl sites for hydroxylation is 1. The smallest absolute Gasteiger partial charge is 0.269 e. The van der Waals surface area contributed by atoms with Crippen molar-refractivity contribution in [3.8, 4) is 0 Å². The monoisotopic (exact) mass is 376 g/mol. The van der Waals surface area contributed by atoms with Crippen LogP contribution in [0.25, 0.3) is 0 Å². The molecule has 0 atom stereocenters. The fraction of sp³-hybridized carbons (Fsp3) is 0.278. The first kappa shape index (κ1) is 19.3. The SMILES string of the molecule is Cc1ccc(SCCNC(=O)CSCc2ccc([N+](=O)[O-])cc2)cc1. The second-order valence-electron chi connectivity index (χ2n) is 5.43. The summed E-state index contributed by atoms with van der Waals surface area (Å²) >= 11 is 3.21. The van der Waals surface area contributed by atoms with Crippen molar-refractivity contribution < 1.29 is 9.72 Å². The molecule has 0 radical (unpaired) electrons. The van der Waals surface area contributed by atoms with Gasteiger partial charge >= 0.3 is 0 Å². The number of nitro benzene ring substituents is 1. The van der Waals surface area contributed by atoms with Gasteiger partial charge in [-0.25, -0.2) is 0 Å². The Morgan fingerprint density at radius 1 is 1.12 bits per heavy atom. The molecule has 25 heavy (non-hydrogen) atoms. The molecule has 0 spiro atoms. The lowest BCUT2D eigenvalue weighted by Crippen LogP contribution is -2.27. The molecule has 0 saturated heterocycles. The first-order chi connectivity index (χ1) is 12.0. The van der Waals surface area contributed by atoms with Gasteiger partial charge in [0, 0.05) is 35.1 Å². The lowest BCUT2D eigenvalue weighted by molar-refractivity contribution is -0.384. The van der Waals surface area contributed by atoms with Crippen molar-refractivity contribution in [1.82, 2.24) is 5.32 Å². The average Bonchev–Trinajstić information content (AvgIpc) is 2.61. The molecule has 0 unspecified atom stereocenters. The van der Waals surface area contributed by atoms with E-state index in [1.54, 1.807) is 23.9 Å². The Morgan fingerprint density at radius 2 is 1.80 bits per heavy atom. The van der Waals surface area contributed by atoms with Crippen LogP contribution in [-0.4, -0.2) is 28.9 Å². The van der Waals surface area contributed by atoms with Crippen LogP contribution in [0.15, 0.2) is 53.4 Å². The molecule has 0 aliphatic carbocycles. The van der Waals surface area contributed by atoms with Crippen molar-refractivity contribution in [3.63, 3.8) is 0 Å². The van der Waals surface area contributed by atoms with Gasteiger partial charge in [-0.15, -0.1) is 23.5 Å². The van der Waals surface area contributed by atoms with E-state index in [2.05, 4.69) is 36.5 Å². The van der Waals surface area contributed by atoms with Crippen molar-refractivity contribution >= 4 is 35.1 Å². The number of amides is 1. The average molecular weight is 377 g/mol. The Kier molecular flexibility index (Phi) is 7.81. The molecular formula is C18H20N2O3S2. The van der Waals surface area contributed by atoms with Crippen molar-refractivity contribution in [3.05, 3.63) is 69.8 Å². The summed E-state index contributed by atoms with van der Waals surface area (Å²) in [6.45, 7) is 2.69.